The molecule has 0 aliphatic carbocycles. The second kappa shape index (κ2) is 5.94. The predicted octanol–water partition coefficient (Wildman–Crippen LogP) is 1.38. The van der Waals surface area contributed by atoms with Crippen LogP contribution in [-0.2, 0) is 19.6 Å². The molecular weight excluding hydrogens is 272 g/mol. The zero-order valence-corrected chi connectivity index (χ0v) is 11.3. The minimum absolute atomic E-state index is 0.100. The highest BCUT2D eigenvalue weighted by molar-refractivity contribution is 7.86. The topological polar surface area (TPSA) is 97.7 Å². The van der Waals surface area contributed by atoms with E-state index in [1.54, 1.807) is 6.92 Å². The highest BCUT2D eigenvalue weighted by Crippen LogP contribution is 2.23. The molecule has 19 heavy (non-hydrogen) atoms. The minimum Gasteiger partial charge on any atom is -0.462 e. The summed E-state index contributed by atoms with van der Waals surface area (Å²) in [5.74, 6) is -1.24. The van der Waals surface area contributed by atoms with Crippen LogP contribution in [0.3, 0.4) is 0 Å². The lowest BCUT2D eigenvalue weighted by Crippen LogP contribution is -2.19. The van der Waals surface area contributed by atoms with Crippen LogP contribution in [0.25, 0.3) is 0 Å². The van der Waals surface area contributed by atoms with Gasteiger partial charge >= 0.3 is 5.97 Å². The van der Waals surface area contributed by atoms with Crippen molar-refractivity contribution < 1.29 is 27.3 Å². The van der Waals surface area contributed by atoms with Crippen LogP contribution in [0.1, 0.15) is 35.0 Å². The molecule has 7 heteroatoms. The Morgan fingerprint density at radius 2 is 1.79 bits per heavy atom. The number of rotatable bonds is 5. The first kappa shape index (κ1) is 15.3. The van der Waals surface area contributed by atoms with Crippen molar-refractivity contribution in [3.63, 3.8) is 0 Å². The van der Waals surface area contributed by atoms with Crippen molar-refractivity contribution in [2.75, 3.05) is 6.61 Å². The first-order valence-electron chi connectivity index (χ1n) is 5.51. The van der Waals surface area contributed by atoms with Crippen LogP contribution in [0.5, 0.6) is 0 Å². The maximum Gasteiger partial charge on any atom is 0.338 e. The van der Waals surface area contributed by atoms with Gasteiger partial charge in [-0.3, -0.25) is 9.35 Å². The summed E-state index contributed by atoms with van der Waals surface area (Å²) in [7, 11) is -4.53. The van der Waals surface area contributed by atoms with Gasteiger partial charge < -0.3 is 4.74 Å². The molecular formula is C12H14O6S. The normalized spacial score (nSPS) is 12.8. The van der Waals surface area contributed by atoms with E-state index in [1.165, 1.54) is 24.3 Å². The summed E-state index contributed by atoms with van der Waals surface area (Å²) in [6.45, 7) is 2.95. The predicted molar refractivity (Wildman–Crippen MR) is 67.4 cm³/mol. The molecule has 0 radical (unpaired) electrons. The van der Waals surface area contributed by atoms with Crippen LogP contribution in [0.4, 0.5) is 0 Å². The Balaban J connectivity index is 3.10. The molecule has 0 amide bonds. The third-order valence-corrected chi connectivity index (χ3v) is 3.59. The number of ketones is 1. The van der Waals surface area contributed by atoms with Crippen LogP contribution in [-0.4, -0.2) is 31.3 Å². The fourth-order valence-corrected chi connectivity index (χ4v) is 2.55. The zero-order valence-electron chi connectivity index (χ0n) is 10.5. The van der Waals surface area contributed by atoms with Crippen molar-refractivity contribution in [3.8, 4) is 0 Å². The molecule has 0 saturated heterocycles. The third kappa shape index (κ3) is 3.87. The Hall–Kier alpha value is -1.73. The molecule has 0 saturated carbocycles. The Bertz CT molecular complexity index is 573. The van der Waals surface area contributed by atoms with Gasteiger partial charge in [-0.25, -0.2) is 4.79 Å². The zero-order chi connectivity index (χ0) is 14.6. The van der Waals surface area contributed by atoms with E-state index in [1.807, 2.05) is 0 Å². The fourth-order valence-electron chi connectivity index (χ4n) is 1.62. The number of hydrogen-bond acceptors (Lipinski definition) is 5. The van der Waals surface area contributed by atoms with Gasteiger partial charge in [-0.05, 0) is 31.5 Å². The van der Waals surface area contributed by atoms with Crippen LogP contribution in [0.15, 0.2) is 24.3 Å². The summed E-state index contributed by atoms with van der Waals surface area (Å²) >= 11 is 0. The third-order valence-electron chi connectivity index (χ3n) is 2.39. The van der Waals surface area contributed by atoms with Gasteiger partial charge in [0.25, 0.3) is 10.1 Å². The van der Waals surface area contributed by atoms with Crippen LogP contribution in [0.2, 0.25) is 0 Å². The largest absolute Gasteiger partial charge is 0.462 e. The van der Waals surface area contributed by atoms with E-state index < -0.39 is 27.1 Å². The Morgan fingerprint density at radius 3 is 2.16 bits per heavy atom. The summed E-state index contributed by atoms with van der Waals surface area (Å²) in [5.41, 5.74) is 0.339. The number of hydrogen-bond donors (Lipinski definition) is 1. The molecule has 0 aliphatic rings. The van der Waals surface area contributed by atoms with Crippen molar-refractivity contribution in [2.45, 2.75) is 19.1 Å². The molecule has 1 N–H and O–H groups in total. The Kier molecular flexibility index (Phi) is 4.79. The smallest absolute Gasteiger partial charge is 0.338 e. The summed E-state index contributed by atoms with van der Waals surface area (Å²) in [4.78, 5) is 22.7. The van der Waals surface area contributed by atoms with Crippen LogP contribution >= 0.6 is 0 Å². The second-order valence-corrected chi connectivity index (χ2v) is 5.35. The first-order valence-corrected chi connectivity index (χ1v) is 7.01. The molecule has 1 atom stereocenters. The van der Waals surface area contributed by atoms with E-state index >= 15 is 0 Å². The summed E-state index contributed by atoms with van der Waals surface area (Å²) < 4.78 is 36.1. The molecule has 1 unspecified atom stereocenters. The average Bonchev–Trinajstić information content (AvgIpc) is 2.27. The van der Waals surface area contributed by atoms with Gasteiger partial charge in [0.2, 0.25) is 0 Å². The van der Waals surface area contributed by atoms with Gasteiger partial charge in [0.05, 0.1) is 12.2 Å². The van der Waals surface area contributed by atoms with Gasteiger partial charge in [-0.15, -0.1) is 0 Å². The molecule has 1 rings (SSSR count). The minimum atomic E-state index is -4.53. The molecule has 0 aromatic heterocycles. The number of benzene rings is 1. The number of Topliss-reactive ketones (excluding diaryl/α,β-unsaturated/α-hetero) is 1. The lowest BCUT2D eigenvalue weighted by Gasteiger charge is -2.11. The van der Waals surface area contributed by atoms with Crippen LogP contribution < -0.4 is 0 Å². The van der Waals surface area contributed by atoms with Gasteiger partial charge in [0.1, 0.15) is 0 Å². The molecule has 6 nitrogen and oxygen atoms in total. The lowest BCUT2D eigenvalue weighted by molar-refractivity contribution is -0.116. The molecule has 0 fully saturated rings. The molecule has 0 aliphatic heterocycles. The maximum atomic E-state index is 11.4. The second-order valence-electron chi connectivity index (χ2n) is 3.85. The molecule has 0 bridgehead atoms. The van der Waals surface area contributed by atoms with E-state index in [9.17, 15) is 18.0 Å². The molecule has 104 valence electrons. The molecule has 0 spiro atoms. The van der Waals surface area contributed by atoms with Gasteiger partial charge in [-0.2, -0.15) is 8.42 Å². The van der Waals surface area contributed by atoms with Crippen molar-refractivity contribution >= 4 is 21.9 Å². The summed E-state index contributed by atoms with van der Waals surface area (Å²) in [6, 6.07) is 5.28. The van der Waals surface area contributed by atoms with Crippen LogP contribution in [0, 0.1) is 0 Å². The van der Waals surface area contributed by atoms with Crippen molar-refractivity contribution in [3.05, 3.63) is 35.4 Å². The number of carbonyl (C=O) groups excluding carboxylic acids is 2. The molecule has 0 heterocycles. The van der Waals surface area contributed by atoms with E-state index in [4.69, 9.17) is 9.29 Å². The van der Waals surface area contributed by atoms with E-state index in [0.29, 0.717) is 0 Å². The van der Waals surface area contributed by atoms with E-state index in [-0.39, 0.29) is 17.7 Å². The number of esters is 1. The average molecular weight is 286 g/mol. The Labute approximate surface area is 111 Å². The molecule has 1 aromatic carbocycles. The van der Waals surface area contributed by atoms with E-state index in [0.717, 1.165) is 6.92 Å². The lowest BCUT2D eigenvalue weighted by atomic mass is 10.1. The highest BCUT2D eigenvalue weighted by atomic mass is 32.2. The molecule has 1 aromatic rings. The van der Waals surface area contributed by atoms with Gasteiger partial charge in [0, 0.05) is 0 Å². The summed E-state index contributed by atoms with van der Waals surface area (Å²) in [5, 5.41) is -1.64. The van der Waals surface area contributed by atoms with Crippen molar-refractivity contribution in [1.82, 2.24) is 0 Å². The standard InChI is InChI=1S/C12H14O6S/c1-3-18-12(14)10-6-4-9(5-7-10)11(8(2)13)19(15,16)17/h4-7,11H,3H2,1-2H3,(H,15,16,17). The Morgan fingerprint density at radius 1 is 1.26 bits per heavy atom. The van der Waals surface area contributed by atoms with E-state index in [2.05, 4.69) is 0 Å². The number of ether oxygens (including phenoxy) is 1. The summed E-state index contributed by atoms with van der Waals surface area (Å²) in [6.07, 6.45) is 0. The van der Waals surface area contributed by atoms with Crippen molar-refractivity contribution in [1.29, 1.82) is 0 Å². The van der Waals surface area contributed by atoms with Crippen molar-refractivity contribution in [2.24, 2.45) is 0 Å². The maximum absolute atomic E-state index is 11.4. The quantitative estimate of drug-likeness (QED) is 0.648. The fraction of sp³-hybridized carbons (Fsp3) is 0.333. The monoisotopic (exact) mass is 286 g/mol. The number of carbonyl (C=O) groups is 2. The SMILES string of the molecule is CCOC(=O)c1ccc(C(C(C)=O)S(=O)(=O)O)cc1. The first-order chi connectivity index (χ1) is 8.77. The highest BCUT2D eigenvalue weighted by Gasteiger charge is 2.29. The van der Waals surface area contributed by atoms with Gasteiger partial charge in [-0.1, -0.05) is 12.1 Å². The van der Waals surface area contributed by atoms with Gasteiger partial charge in [0.15, 0.2) is 11.0 Å².